The molecule has 0 saturated heterocycles. The molecular weight excluding hydrogens is 354 g/mol. The summed E-state index contributed by atoms with van der Waals surface area (Å²) >= 11 is 0. The predicted octanol–water partition coefficient (Wildman–Crippen LogP) is 3.83. The Hall–Kier alpha value is -3.28. The van der Waals surface area contributed by atoms with Crippen LogP contribution in [0.4, 0.5) is 11.4 Å². The van der Waals surface area contributed by atoms with Crippen LogP contribution in [0, 0.1) is 0 Å². The highest BCUT2D eigenvalue weighted by Gasteiger charge is 2.10. The van der Waals surface area contributed by atoms with Gasteiger partial charge in [-0.1, -0.05) is 37.8 Å². The zero-order valence-electron chi connectivity index (χ0n) is 16.3. The topological polar surface area (TPSA) is 79.5 Å². The lowest BCUT2D eigenvalue weighted by molar-refractivity contribution is -0.114. The van der Waals surface area contributed by atoms with Crippen molar-refractivity contribution >= 4 is 23.2 Å². The highest BCUT2D eigenvalue weighted by Crippen LogP contribution is 2.23. The van der Waals surface area contributed by atoms with Gasteiger partial charge in [0.1, 0.15) is 12.4 Å². The van der Waals surface area contributed by atoms with Crippen LogP contribution in [-0.2, 0) is 4.79 Å². The molecule has 0 spiro atoms. The van der Waals surface area contributed by atoms with Gasteiger partial charge >= 0.3 is 0 Å². The first kappa shape index (κ1) is 21.0. The summed E-state index contributed by atoms with van der Waals surface area (Å²) in [5.41, 5.74) is 1.84. The Balaban J connectivity index is 1.94. The summed E-state index contributed by atoms with van der Waals surface area (Å²) in [4.78, 5) is 24.5. The summed E-state index contributed by atoms with van der Waals surface area (Å²) in [6, 6.07) is 14.4. The Kier molecular flexibility index (Phi) is 8.09. The fourth-order valence-corrected chi connectivity index (χ4v) is 2.40. The van der Waals surface area contributed by atoms with Gasteiger partial charge in [0.25, 0.3) is 5.91 Å². The third-order valence-corrected chi connectivity index (χ3v) is 4.09. The number of amides is 2. The van der Waals surface area contributed by atoms with Crippen LogP contribution < -0.4 is 20.7 Å². The van der Waals surface area contributed by atoms with Crippen molar-refractivity contribution in [3.63, 3.8) is 0 Å². The minimum atomic E-state index is -0.218. The second kappa shape index (κ2) is 10.8. The fraction of sp³-hybridized carbons (Fsp3) is 0.273. The Bertz CT molecular complexity index is 820. The lowest BCUT2D eigenvalue weighted by Crippen LogP contribution is -2.31. The largest absolute Gasteiger partial charge is 0.487 e. The molecule has 2 aromatic rings. The normalized spacial score (nSPS) is 11.2. The molecule has 0 saturated carbocycles. The summed E-state index contributed by atoms with van der Waals surface area (Å²) in [6.45, 7) is 8.01. The van der Waals surface area contributed by atoms with Gasteiger partial charge in [-0.15, -0.1) is 0 Å². The summed E-state index contributed by atoms with van der Waals surface area (Å²) in [7, 11) is 0. The van der Waals surface area contributed by atoms with Gasteiger partial charge in [-0.2, -0.15) is 0 Å². The maximum atomic E-state index is 12.3. The Morgan fingerprint density at radius 3 is 2.71 bits per heavy atom. The number of anilines is 2. The van der Waals surface area contributed by atoms with E-state index in [0.29, 0.717) is 29.3 Å². The number of nitrogens with one attached hydrogen (secondary N) is 3. The van der Waals surface area contributed by atoms with E-state index in [9.17, 15) is 9.59 Å². The Labute approximate surface area is 166 Å². The van der Waals surface area contributed by atoms with Crippen molar-refractivity contribution in [1.29, 1.82) is 0 Å². The standard InChI is InChI=1S/C22H27N3O3/c1-4-13-28-20-12-7-6-11-19(20)25-21(26)15-23-18-10-8-9-17(14-18)22(27)24-16(3)5-2/h4,6-12,14,16,23H,1,5,13,15H2,2-3H3,(H,24,27)(H,25,26). The second-order valence-electron chi connectivity index (χ2n) is 6.36. The van der Waals surface area contributed by atoms with Crippen LogP contribution >= 0.6 is 0 Å². The van der Waals surface area contributed by atoms with E-state index in [2.05, 4.69) is 22.5 Å². The van der Waals surface area contributed by atoms with Gasteiger partial charge in [-0.3, -0.25) is 9.59 Å². The first-order chi connectivity index (χ1) is 13.5. The molecule has 0 aliphatic carbocycles. The molecule has 0 aliphatic heterocycles. The van der Waals surface area contributed by atoms with Crippen LogP contribution in [-0.4, -0.2) is 31.0 Å². The summed E-state index contributed by atoms with van der Waals surface area (Å²) in [5.74, 6) is 0.235. The van der Waals surface area contributed by atoms with E-state index in [1.807, 2.05) is 32.0 Å². The summed E-state index contributed by atoms with van der Waals surface area (Å²) in [6.07, 6.45) is 2.51. The minimum Gasteiger partial charge on any atom is -0.487 e. The van der Waals surface area contributed by atoms with Crippen LogP contribution in [0.3, 0.4) is 0 Å². The molecule has 2 aromatic carbocycles. The van der Waals surface area contributed by atoms with E-state index in [-0.39, 0.29) is 24.4 Å². The quantitative estimate of drug-likeness (QED) is 0.547. The number of hydrogen-bond acceptors (Lipinski definition) is 4. The van der Waals surface area contributed by atoms with Crippen molar-refractivity contribution in [3.8, 4) is 5.75 Å². The maximum absolute atomic E-state index is 12.3. The predicted molar refractivity (Wildman–Crippen MR) is 113 cm³/mol. The zero-order valence-corrected chi connectivity index (χ0v) is 16.3. The molecule has 0 heterocycles. The SMILES string of the molecule is C=CCOc1ccccc1NC(=O)CNc1cccc(C(=O)NC(C)CC)c1. The van der Waals surface area contributed by atoms with Crippen LogP contribution in [0.1, 0.15) is 30.6 Å². The van der Waals surface area contributed by atoms with Crippen molar-refractivity contribution in [2.45, 2.75) is 26.3 Å². The molecule has 0 aliphatic rings. The van der Waals surface area contributed by atoms with E-state index in [1.165, 1.54) is 0 Å². The van der Waals surface area contributed by atoms with Crippen LogP contribution in [0.15, 0.2) is 61.2 Å². The second-order valence-corrected chi connectivity index (χ2v) is 6.36. The van der Waals surface area contributed by atoms with E-state index >= 15 is 0 Å². The molecule has 0 radical (unpaired) electrons. The number of ether oxygens (including phenoxy) is 1. The van der Waals surface area contributed by atoms with Crippen molar-refractivity contribution in [2.75, 3.05) is 23.8 Å². The Morgan fingerprint density at radius 1 is 1.18 bits per heavy atom. The minimum absolute atomic E-state index is 0.0617. The molecule has 0 fully saturated rings. The van der Waals surface area contributed by atoms with E-state index in [4.69, 9.17) is 4.74 Å². The molecule has 2 rings (SSSR count). The molecular formula is C22H27N3O3. The monoisotopic (exact) mass is 381 g/mol. The van der Waals surface area contributed by atoms with E-state index in [1.54, 1.807) is 36.4 Å². The summed E-state index contributed by atoms with van der Waals surface area (Å²) < 4.78 is 5.54. The van der Waals surface area contributed by atoms with Gasteiger partial charge in [-0.25, -0.2) is 0 Å². The first-order valence-electron chi connectivity index (χ1n) is 9.30. The molecule has 6 nitrogen and oxygen atoms in total. The molecule has 0 bridgehead atoms. The van der Waals surface area contributed by atoms with Gasteiger partial charge < -0.3 is 20.7 Å². The third-order valence-electron chi connectivity index (χ3n) is 4.09. The highest BCUT2D eigenvalue weighted by molar-refractivity contribution is 5.96. The number of para-hydroxylation sites is 2. The average Bonchev–Trinajstić information content (AvgIpc) is 2.71. The number of carbonyl (C=O) groups is 2. The molecule has 1 atom stereocenters. The number of rotatable bonds is 10. The molecule has 0 aromatic heterocycles. The number of benzene rings is 2. The highest BCUT2D eigenvalue weighted by atomic mass is 16.5. The third kappa shape index (κ3) is 6.46. The van der Waals surface area contributed by atoms with Crippen molar-refractivity contribution in [2.24, 2.45) is 0 Å². The summed E-state index contributed by atoms with van der Waals surface area (Å²) in [5, 5.41) is 8.79. The van der Waals surface area contributed by atoms with Gasteiger partial charge in [0.2, 0.25) is 5.91 Å². The lowest BCUT2D eigenvalue weighted by Gasteiger charge is -2.13. The number of hydrogen-bond donors (Lipinski definition) is 3. The molecule has 28 heavy (non-hydrogen) atoms. The van der Waals surface area contributed by atoms with Crippen molar-refractivity contribution in [3.05, 3.63) is 66.7 Å². The lowest BCUT2D eigenvalue weighted by atomic mass is 10.1. The van der Waals surface area contributed by atoms with E-state index < -0.39 is 0 Å². The fourth-order valence-electron chi connectivity index (χ4n) is 2.40. The van der Waals surface area contributed by atoms with Crippen LogP contribution in [0.5, 0.6) is 5.75 Å². The van der Waals surface area contributed by atoms with Crippen molar-refractivity contribution < 1.29 is 14.3 Å². The molecule has 2 amide bonds. The first-order valence-corrected chi connectivity index (χ1v) is 9.30. The van der Waals surface area contributed by atoms with Crippen molar-refractivity contribution in [1.82, 2.24) is 5.32 Å². The molecule has 3 N–H and O–H groups in total. The number of carbonyl (C=O) groups excluding carboxylic acids is 2. The van der Waals surface area contributed by atoms with Gasteiger partial charge in [0.05, 0.1) is 12.2 Å². The molecule has 6 heteroatoms. The molecule has 148 valence electrons. The molecule has 1 unspecified atom stereocenters. The maximum Gasteiger partial charge on any atom is 0.251 e. The Morgan fingerprint density at radius 2 is 1.96 bits per heavy atom. The zero-order chi connectivity index (χ0) is 20.4. The van der Waals surface area contributed by atoms with E-state index in [0.717, 1.165) is 6.42 Å². The van der Waals surface area contributed by atoms with Crippen LogP contribution in [0.2, 0.25) is 0 Å². The van der Waals surface area contributed by atoms with Gasteiger partial charge in [0.15, 0.2) is 0 Å². The van der Waals surface area contributed by atoms with Crippen LogP contribution in [0.25, 0.3) is 0 Å². The average molecular weight is 381 g/mol. The van der Waals surface area contributed by atoms with Gasteiger partial charge in [0, 0.05) is 17.3 Å². The van der Waals surface area contributed by atoms with Gasteiger partial charge in [-0.05, 0) is 43.7 Å². The smallest absolute Gasteiger partial charge is 0.251 e.